The van der Waals surface area contributed by atoms with Crippen LogP contribution in [0.3, 0.4) is 0 Å². The number of carbonyl (C=O) groups is 1. The Morgan fingerprint density at radius 2 is 1.74 bits per heavy atom. The van der Waals surface area contributed by atoms with Crippen molar-refractivity contribution in [3.63, 3.8) is 0 Å². The first-order valence-corrected chi connectivity index (χ1v) is 5.98. The van der Waals surface area contributed by atoms with Gasteiger partial charge in [0.25, 0.3) is 0 Å². The molecule has 0 aromatic heterocycles. The highest BCUT2D eigenvalue weighted by molar-refractivity contribution is 6.31. The predicted octanol–water partition coefficient (Wildman–Crippen LogP) is 3.80. The summed E-state index contributed by atoms with van der Waals surface area (Å²) >= 11 is 5.52. The van der Waals surface area contributed by atoms with Crippen molar-refractivity contribution in [2.24, 2.45) is 0 Å². The van der Waals surface area contributed by atoms with Crippen LogP contribution in [0.2, 0.25) is 5.02 Å². The number of hydrogen-bond acceptors (Lipinski definition) is 3. The summed E-state index contributed by atoms with van der Waals surface area (Å²) in [5.41, 5.74) is -0.625. The highest BCUT2D eigenvalue weighted by Crippen LogP contribution is 2.30. The van der Waals surface area contributed by atoms with E-state index in [0.717, 1.165) is 6.07 Å². The molecule has 1 aromatic carbocycles. The van der Waals surface area contributed by atoms with Crippen LogP contribution in [-0.2, 0) is 9.47 Å². The predicted molar refractivity (Wildman–Crippen MR) is 68.0 cm³/mol. The first-order valence-electron chi connectivity index (χ1n) is 5.60. The minimum Gasteiger partial charge on any atom is -0.494 e. The molecule has 0 radical (unpaired) electrons. The van der Waals surface area contributed by atoms with E-state index in [4.69, 9.17) is 16.3 Å². The van der Waals surface area contributed by atoms with Gasteiger partial charge in [-0.3, -0.25) is 0 Å². The van der Waals surface area contributed by atoms with E-state index in [2.05, 4.69) is 11.3 Å². The van der Waals surface area contributed by atoms with E-state index < -0.39 is 28.2 Å². The van der Waals surface area contributed by atoms with E-state index in [1.54, 1.807) is 13.8 Å². The van der Waals surface area contributed by atoms with Crippen molar-refractivity contribution in [2.45, 2.75) is 13.8 Å². The Morgan fingerprint density at radius 1 is 1.21 bits per heavy atom. The lowest BCUT2D eigenvalue weighted by Gasteiger charge is -2.12. The van der Waals surface area contributed by atoms with Gasteiger partial charge < -0.3 is 9.47 Å². The monoisotopic (exact) mass is 290 g/mol. The molecule has 0 aliphatic rings. The largest absolute Gasteiger partial charge is 0.494 e. The summed E-state index contributed by atoms with van der Waals surface area (Å²) in [5.74, 6) is -3.14. The van der Waals surface area contributed by atoms with Crippen LogP contribution in [0.1, 0.15) is 29.8 Å². The third-order valence-electron chi connectivity index (χ3n) is 2.26. The highest BCUT2D eigenvalue weighted by atomic mass is 35.5. The quantitative estimate of drug-likeness (QED) is 0.470. The molecule has 0 bridgehead atoms. The maximum Gasteiger partial charge on any atom is 0.341 e. The van der Waals surface area contributed by atoms with Gasteiger partial charge in [-0.1, -0.05) is 18.2 Å². The summed E-state index contributed by atoms with van der Waals surface area (Å²) in [6.07, 6.45) is 0. The molecule has 0 saturated heterocycles. The molecule has 0 heterocycles. The molecule has 19 heavy (non-hydrogen) atoms. The Bertz CT molecular complexity index is 473. The molecule has 0 aliphatic carbocycles. The smallest absolute Gasteiger partial charge is 0.341 e. The van der Waals surface area contributed by atoms with E-state index in [0.29, 0.717) is 0 Å². The molecule has 0 unspecified atom stereocenters. The van der Waals surface area contributed by atoms with Crippen molar-refractivity contribution in [1.29, 1.82) is 0 Å². The van der Waals surface area contributed by atoms with Gasteiger partial charge >= 0.3 is 5.97 Å². The average Bonchev–Trinajstić information content (AvgIpc) is 2.36. The molecule has 0 spiro atoms. The number of rotatable bonds is 5. The van der Waals surface area contributed by atoms with Gasteiger partial charge in [0.1, 0.15) is 10.8 Å². The Balaban J connectivity index is 3.34. The zero-order valence-electron chi connectivity index (χ0n) is 10.6. The lowest BCUT2D eigenvalue weighted by Crippen LogP contribution is -2.10. The maximum absolute atomic E-state index is 13.8. The van der Waals surface area contributed by atoms with E-state index >= 15 is 0 Å². The van der Waals surface area contributed by atoms with Gasteiger partial charge in [0.05, 0.1) is 24.3 Å². The number of benzene rings is 1. The third kappa shape index (κ3) is 3.23. The summed E-state index contributed by atoms with van der Waals surface area (Å²) < 4.78 is 37.2. The van der Waals surface area contributed by atoms with E-state index in [-0.39, 0.29) is 24.5 Å². The van der Waals surface area contributed by atoms with E-state index in [1.165, 1.54) is 0 Å². The minimum absolute atomic E-state index is 0.0348. The van der Waals surface area contributed by atoms with Crippen molar-refractivity contribution in [1.82, 2.24) is 0 Å². The van der Waals surface area contributed by atoms with E-state index in [1.807, 2.05) is 0 Å². The Hall–Kier alpha value is -1.62. The Labute approximate surface area is 114 Å². The fourth-order valence-electron chi connectivity index (χ4n) is 1.42. The van der Waals surface area contributed by atoms with Crippen molar-refractivity contribution < 1.29 is 23.0 Å². The van der Waals surface area contributed by atoms with Crippen molar-refractivity contribution in [3.05, 3.63) is 40.4 Å². The molecule has 104 valence electrons. The van der Waals surface area contributed by atoms with Gasteiger partial charge in [-0.05, 0) is 19.9 Å². The number of ether oxygens (including phenoxy) is 2. The molecular weight excluding hydrogens is 278 g/mol. The van der Waals surface area contributed by atoms with Crippen molar-refractivity contribution in [2.75, 3.05) is 13.2 Å². The average molecular weight is 291 g/mol. The SMILES string of the molecule is C=C(OCC)c1cc(C(=O)OCC)c(F)c(Cl)c1F. The molecular formula is C13H13ClF2O3. The lowest BCUT2D eigenvalue weighted by molar-refractivity contribution is 0.0521. The molecule has 0 aliphatic heterocycles. The molecule has 3 nitrogen and oxygen atoms in total. The summed E-state index contributed by atoms with van der Waals surface area (Å²) in [6, 6.07) is 0.979. The number of esters is 1. The summed E-state index contributed by atoms with van der Waals surface area (Å²) in [7, 11) is 0. The second-order valence-corrected chi connectivity index (χ2v) is 3.87. The Kier molecular flexibility index (Phi) is 5.30. The fourth-order valence-corrected chi connectivity index (χ4v) is 1.62. The third-order valence-corrected chi connectivity index (χ3v) is 2.59. The van der Waals surface area contributed by atoms with Crippen molar-refractivity contribution in [3.8, 4) is 0 Å². The summed E-state index contributed by atoms with van der Waals surface area (Å²) in [4.78, 5) is 11.5. The van der Waals surface area contributed by atoms with Crippen LogP contribution < -0.4 is 0 Å². The van der Waals surface area contributed by atoms with Gasteiger partial charge in [-0.2, -0.15) is 0 Å². The topological polar surface area (TPSA) is 35.5 Å². The second-order valence-electron chi connectivity index (χ2n) is 3.49. The molecule has 6 heteroatoms. The molecule has 0 fully saturated rings. The van der Waals surface area contributed by atoms with Crippen LogP contribution >= 0.6 is 11.6 Å². The van der Waals surface area contributed by atoms with Crippen LogP contribution in [0, 0.1) is 11.6 Å². The summed E-state index contributed by atoms with van der Waals surface area (Å²) in [5, 5.41) is -0.790. The van der Waals surface area contributed by atoms with Gasteiger partial charge in [0, 0.05) is 0 Å². The van der Waals surface area contributed by atoms with Crippen LogP contribution in [0.4, 0.5) is 8.78 Å². The normalized spacial score (nSPS) is 10.2. The van der Waals surface area contributed by atoms with Crippen LogP contribution in [0.25, 0.3) is 5.76 Å². The van der Waals surface area contributed by atoms with Gasteiger partial charge in [-0.25, -0.2) is 13.6 Å². The van der Waals surface area contributed by atoms with Gasteiger partial charge in [-0.15, -0.1) is 0 Å². The minimum atomic E-state index is -1.16. The Morgan fingerprint density at radius 3 is 2.26 bits per heavy atom. The molecule has 0 N–H and O–H groups in total. The number of hydrogen-bond donors (Lipinski definition) is 0. The molecule has 1 rings (SSSR count). The zero-order valence-corrected chi connectivity index (χ0v) is 11.3. The number of halogens is 3. The molecule has 0 amide bonds. The standard InChI is InChI=1S/C13H13ClF2O3/c1-4-18-7(3)8-6-9(13(17)19-5-2)12(16)10(14)11(8)15/h6H,3-5H2,1-2H3. The van der Waals surface area contributed by atoms with Crippen LogP contribution in [-0.4, -0.2) is 19.2 Å². The first kappa shape index (κ1) is 15.4. The van der Waals surface area contributed by atoms with Crippen LogP contribution in [0.5, 0.6) is 0 Å². The highest BCUT2D eigenvalue weighted by Gasteiger charge is 2.23. The summed E-state index contributed by atoms with van der Waals surface area (Å²) in [6.45, 7) is 7.07. The first-order chi connectivity index (χ1) is 8.93. The molecule has 0 saturated carbocycles. The maximum atomic E-state index is 13.8. The second kappa shape index (κ2) is 6.52. The van der Waals surface area contributed by atoms with E-state index in [9.17, 15) is 13.6 Å². The van der Waals surface area contributed by atoms with Gasteiger partial charge in [0.15, 0.2) is 11.6 Å². The fraction of sp³-hybridized carbons (Fsp3) is 0.308. The number of carbonyl (C=O) groups excluding carboxylic acids is 1. The molecule has 1 aromatic rings. The lowest BCUT2D eigenvalue weighted by atomic mass is 10.1. The van der Waals surface area contributed by atoms with Crippen LogP contribution in [0.15, 0.2) is 12.6 Å². The molecule has 0 atom stereocenters. The van der Waals surface area contributed by atoms with Gasteiger partial charge in [0.2, 0.25) is 0 Å². The van der Waals surface area contributed by atoms with Crippen molar-refractivity contribution >= 4 is 23.3 Å². The zero-order chi connectivity index (χ0) is 14.6.